The summed E-state index contributed by atoms with van der Waals surface area (Å²) in [6.45, 7) is 3.68. The topological polar surface area (TPSA) is 79.3 Å². The molecule has 0 bridgehead atoms. The molecule has 2 aromatic rings. The molecule has 1 aromatic heterocycles. The van der Waals surface area contributed by atoms with Gasteiger partial charge in [-0.25, -0.2) is 9.78 Å². The van der Waals surface area contributed by atoms with Gasteiger partial charge in [0.1, 0.15) is 5.01 Å². The second-order valence-electron chi connectivity index (χ2n) is 4.59. The van der Waals surface area contributed by atoms with Crippen molar-refractivity contribution in [2.24, 2.45) is 0 Å². The molecule has 1 aromatic carbocycles. The van der Waals surface area contributed by atoms with Crippen LogP contribution in [-0.2, 0) is 0 Å². The predicted octanol–water partition coefficient (Wildman–Crippen LogP) is 3.40. The molecule has 2 N–H and O–H groups in total. The molecule has 0 aliphatic heterocycles. The van der Waals surface area contributed by atoms with Crippen molar-refractivity contribution in [3.8, 4) is 0 Å². The minimum Gasteiger partial charge on any atom is -0.476 e. The minimum absolute atomic E-state index is 0.00519. The molecule has 0 aliphatic rings. The van der Waals surface area contributed by atoms with E-state index in [1.54, 1.807) is 19.1 Å². The van der Waals surface area contributed by atoms with Gasteiger partial charge in [0.05, 0.1) is 6.04 Å². The van der Waals surface area contributed by atoms with Crippen molar-refractivity contribution in [3.63, 3.8) is 0 Å². The summed E-state index contributed by atoms with van der Waals surface area (Å²) >= 11 is 4.57. The summed E-state index contributed by atoms with van der Waals surface area (Å²) in [6.07, 6.45) is 0. The Kier molecular flexibility index (Phi) is 4.74. The highest BCUT2D eigenvalue weighted by Gasteiger charge is 2.17. The molecule has 1 heterocycles. The maximum atomic E-state index is 12.2. The summed E-state index contributed by atoms with van der Waals surface area (Å²) in [4.78, 5) is 27.0. The summed E-state index contributed by atoms with van der Waals surface area (Å²) in [6, 6.07) is 5.09. The Morgan fingerprint density at radius 3 is 2.67 bits per heavy atom. The first-order valence-corrected chi connectivity index (χ1v) is 7.81. The molecule has 0 aliphatic carbocycles. The molecule has 5 nitrogen and oxygen atoms in total. The molecule has 0 saturated heterocycles. The van der Waals surface area contributed by atoms with Crippen LogP contribution in [0.25, 0.3) is 0 Å². The first-order valence-electron chi connectivity index (χ1n) is 6.13. The lowest BCUT2D eigenvalue weighted by Crippen LogP contribution is -2.26. The van der Waals surface area contributed by atoms with Crippen LogP contribution in [0.2, 0.25) is 0 Å². The van der Waals surface area contributed by atoms with Crippen LogP contribution in [0.1, 0.15) is 44.4 Å². The summed E-state index contributed by atoms with van der Waals surface area (Å²) in [5.74, 6) is -1.29. The SMILES string of the molecule is Cc1cc(Br)cc(C(=O)NC(C)c2nc(C(=O)O)cs2)c1. The lowest BCUT2D eigenvalue weighted by Gasteiger charge is -2.12. The number of carboxylic acids is 1. The van der Waals surface area contributed by atoms with Crippen LogP contribution in [0.3, 0.4) is 0 Å². The molecule has 0 fully saturated rings. The second kappa shape index (κ2) is 6.36. The van der Waals surface area contributed by atoms with Gasteiger partial charge in [-0.2, -0.15) is 0 Å². The number of aryl methyl sites for hydroxylation is 1. The van der Waals surface area contributed by atoms with Gasteiger partial charge in [-0.15, -0.1) is 11.3 Å². The zero-order chi connectivity index (χ0) is 15.6. The normalized spacial score (nSPS) is 12.0. The Morgan fingerprint density at radius 2 is 2.10 bits per heavy atom. The summed E-state index contributed by atoms with van der Waals surface area (Å²) < 4.78 is 0.836. The van der Waals surface area contributed by atoms with Crippen molar-refractivity contribution in [2.75, 3.05) is 0 Å². The highest BCUT2D eigenvalue weighted by molar-refractivity contribution is 9.10. The van der Waals surface area contributed by atoms with Gasteiger partial charge in [-0.3, -0.25) is 4.79 Å². The molecule has 1 unspecified atom stereocenters. The van der Waals surface area contributed by atoms with Crippen molar-refractivity contribution in [1.29, 1.82) is 0 Å². The van der Waals surface area contributed by atoms with E-state index in [0.29, 0.717) is 10.6 Å². The van der Waals surface area contributed by atoms with Crippen molar-refractivity contribution in [3.05, 3.63) is 49.9 Å². The van der Waals surface area contributed by atoms with Gasteiger partial charge in [0.2, 0.25) is 0 Å². The summed E-state index contributed by atoms with van der Waals surface area (Å²) in [5, 5.41) is 13.7. The maximum absolute atomic E-state index is 12.2. The third kappa shape index (κ3) is 3.89. The third-order valence-corrected chi connectivity index (χ3v) is 4.25. The van der Waals surface area contributed by atoms with Gasteiger partial charge in [0, 0.05) is 15.4 Å². The van der Waals surface area contributed by atoms with Gasteiger partial charge in [-0.05, 0) is 37.6 Å². The number of thiazole rings is 1. The second-order valence-corrected chi connectivity index (χ2v) is 6.39. The number of aromatic nitrogens is 1. The molecular weight excluding hydrogens is 356 g/mol. The fraction of sp³-hybridized carbons (Fsp3) is 0.214. The van der Waals surface area contributed by atoms with Gasteiger partial charge < -0.3 is 10.4 Å². The fourth-order valence-electron chi connectivity index (χ4n) is 1.79. The van der Waals surface area contributed by atoms with Gasteiger partial charge in [-0.1, -0.05) is 15.9 Å². The van der Waals surface area contributed by atoms with E-state index in [1.165, 1.54) is 16.7 Å². The number of carbonyl (C=O) groups excluding carboxylic acids is 1. The van der Waals surface area contributed by atoms with Crippen molar-refractivity contribution in [2.45, 2.75) is 19.9 Å². The van der Waals surface area contributed by atoms with E-state index in [0.717, 1.165) is 10.0 Å². The smallest absolute Gasteiger partial charge is 0.355 e. The zero-order valence-electron chi connectivity index (χ0n) is 11.4. The van der Waals surface area contributed by atoms with Crippen LogP contribution in [0.4, 0.5) is 0 Å². The number of benzene rings is 1. The maximum Gasteiger partial charge on any atom is 0.355 e. The van der Waals surface area contributed by atoms with Gasteiger partial charge in [0.25, 0.3) is 5.91 Å². The average Bonchev–Trinajstić information content (AvgIpc) is 2.87. The number of amides is 1. The zero-order valence-corrected chi connectivity index (χ0v) is 13.8. The number of rotatable bonds is 4. The minimum atomic E-state index is -1.07. The number of carbonyl (C=O) groups is 2. The van der Waals surface area contributed by atoms with Gasteiger partial charge >= 0.3 is 5.97 Å². The van der Waals surface area contributed by atoms with Crippen molar-refractivity contribution in [1.82, 2.24) is 10.3 Å². The molecule has 7 heteroatoms. The number of carboxylic acid groups (broad SMARTS) is 1. The van der Waals surface area contributed by atoms with Crippen LogP contribution in [0, 0.1) is 6.92 Å². The summed E-state index contributed by atoms with van der Waals surface area (Å²) in [7, 11) is 0. The Bertz CT molecular complexity index is 679. The Labute approximate surface area is 134 Å². The van der Waals surface area contributed by atoms with Crippen LogP contribution >= 0.6 is 27.3 Å². The van der Waals surface area contributed by atoms with E-state index in [1.807, 2.05) is 13.0 Å². The molecule has 2 rings (SSSR count). The predicted molar refractivity (Wildman–Crippen MR) is 83.8 cm³/mol. The van der Waals surface area contributed by atoms with E-state index in [4.69, 9.17) is 5.11 Å². The number of hydrogen-bond acceptors (Lipinski definition) is 4. The van der Waals surface area contributed by atoms with Crippen molar-refractivity contribution >= 4 is 39.1 Å². The molecule has 110 valence electrons. The van der Waals surface area contributed by atoms with E-state index in [2.05, 4.69) is 26.2 Å². The highest BCUT2D eigenvalue weighted by Crippen LogP contribution is 2.20. The largest absolute Gasteiger partial charge is 0.476 e. The Morgan fingerprint density at radius 1 is 1.38 bits per heavy atom. The number of nitrogens with zero attached hydrogens (tertiary/aromatic N) is 1. The number of halogens is 1. The summed E-state index contributed by atoms with van der Waals surface area (Å²) in [5.41, 5.74) is 1.52. The van der Waals surface area contributed by atoms with E-state index < -0.39 is 5.97 Å². The quantitative estimate of drug-likeness (QED) is 0.866. The van der Waals surface area contributed by atoms with Crippen LogP contribution in [0.5, 0.6) is 0 Å². The lowest BCUT2D eigenvalue weighted by molar-refractivity contribution is 0.0691. The molecule has 0 saturated carbocycles. The Hall–Kier alpha value is -1.73. The monoisotopic (exact) mass is 368 g/mol. The van der Waals surface area contributed by atoms with E-state index in [-0.39, 0.29) is 17.6 Å². The van der Waals surface area contributed by atoms with Gasteiger partial charge in [0.15, 0.2) is 5.69 Å². The van der Waals surface area contributed by atoms with Crippen LogP contribution in [-0.4, -0.2) is 22.0 Å². The Balaban J connectivity index is 2.12. The first kappa shape index (κ1) is 15.7. The molecule has 0 spiro atoms. The molecule has 1 atom stereocenters. The first-order chi connectivity index (χ1) is 9.86. The molecule has 1 amide bonds. The number of nitrogens with one attached hydrogen (secondary N) is 1. The lowest BCUT2D eigenvalue weighted by atomic mass is 10.1. The average molecular weight is 369 g/mol. The fourth-order valence-corrected chi connectivity index (χ4v) is 3.20. The number of aromatic carboxylic acids is 1. The van der Waals surface area contributed by atoms with Crippen LogP contribution in [0.15, 0.2) is 28.1 Å². The third-order valence-electron chi connectivity index (χ3n) is 2.76. The number of hydrogen-bond donors (Lipinski definition) is 2. The van der Waals surface area contributed by atoms with E-state index in [9.17, 15) is 9.59 Å². The van der Waals surface area contributed by atoms with Crippen LogP contribution < -0.4 is 5.32 Å². The van der Waals surface area contributed by atoms with Crippen molar-refractivity contribution < 1.29 is 14.7 Å². The van der Waals surface area contributed by atoms with E-state index >= 15 is 0 Å². The highest BCUT2D eigenvalue weighted by atomic mass is 79.9. The molecule has 0 radical (unpaired) electrons. The standard InChI is InChI=1S/C14H13BrN2O3S/c1-7-3-9(5-10(15)4-7)12(18)16-8(2)13-17-11(6-21-13)14(19)20/h3-6,8H,1-2H3,(H,16,18)(H,19,20). The molecule has 21 heavy (non-hydrogen) atoms. The molecular formula is C14H13BrN2O3S.